The van der Waals surface area contributed by atoms with Crippen molar-refractivity contribution in [1.82, 2.24) is 9.29 Å². The maximum atomic E-state index is 12.6. The van der Waals surface area contributed by atoms with E-state index in [2.05, 4.69) is 11.1 Å². The Morgan fingerprint density at radius 1 is 1.00 bits per heavy atom. The number of benzene rings is 1. The van der Waals surface area contributed by atoms with Crippen LogP contribution in [0.5, 0.6) is 0 Å². The van der Waals surface area contributed by atoms with Gasteiger partial charge in [-0.1, -0.05) is 18.2 Å². The molecule has 1 aliphatic rings. The highest BCUT2D eigenvalue weighted by Crippen LogP contribution is 2.21. The molecule has 7 heteroatoms. The van der Waals surface area contributed by atoms with Gasteiger partial charge in [-0.05, 0) is 24.3 Å². The van der Waals surface area contributed by atoms with Crippen molar-refractivity contribution in [2.24, 2.45) is 0 Å². The van der Waals surface area contributed by atoms with Crippen molar-refractivity contribution in [2.75, 3.05) is 31.1 Å². The second-order valence-electron chi connectivity index (χ2n) is 5.19. The van der Waals surface area contributed by atoms with E-state index in [1.54, 1.807) is 48.7 Å². The molecule has 0 radical (unpaired) electrons. The first kappa shape index (κ1) is 15.5. The average Bonchev–Trinajstić information content (AvgIpc) is 2.62. The van der Waals surface area contributed by atoms with Crippen molar-refractivity contribution >= 4 is 15.8 Å². The number of nitriles is 1. The maximum absolute atomic E-state index is 12.6. The molecule has 6 nitrogen and oxygen atoms in total. The molecule has 1 aromatic heterocycles. The average molecular weight is 328 g/mol. The highest BCUT2D eigenvalue weighted by Gasteiger charge is 2.29. The van der Waals surface area contributed by atoms with E-state index < -0.39 is 10.0 Å². The fourth-order valence-electron chi connectivity index (χ4n) is 2.62. The number of hydrogen-bond donors (Lipinski definition) is 0. The molecule has 2 heterocycles. The summed E-state index contributed by atoms with van der Waals surface area (Å²) in [4.78, 5) is 6.52. The van der Waals surface area contributed by atoms with Gasteiger partial charge in [0.1, 0.15) is 11.9 Å². The summed E-state index contributed by atoms with van der Waals surface area (Å²) in [6, 6.07) is 14.0. The van der Waals surface area contributed by atoms with Crippen LogP contribution in [-0.4, -0.2) is 43.9 Å². The van der Waals surface area contributed by atoms with Crippen LogP contribution in [0.2, 0.25) is 0 Å². The third kappa shape index (κ3) is 3.04. The summed E-state index contributed by atoms with van der Waals surface area (Å²) in [6.45, 7) is 1.77. The molecule has 3 rings (SSSR count). The zero-order valence-corrected chi connectivity index (χ0v) is 13.3. The van der Waals surface area contributed by atoms with Crippen LogP contribution < -0.4 is 4.90 Å². The van der Waals surface area contributed by atoms with Crippen LogP contribution in [-0.2, 0) is 10.0 Å². The lowest BCUT2D eigenvalue weighted by molar-refractivity contribution is 0.383. The van der Waals surface area contributed by atoms with Crippen LogP contribution in [0.25, 0.3) is 0 Å². The molecular weight excluding hydrogens is 312 g/mol. The van der Waals surface area contributed by atoms with Gasteiger partial charge < -0.3 is 4.90 Å². The Labute approximate surface area is 135 Å². The number of sulfonamides is 1. The minimum Gasteiger partial charge on any atom is -0.353 e. The number of nitrogens with zero attached hydrogens (tertiary/aromatic N) is 4. The van der Waals surface area contributed by atoms with Crippen LogP contribution in [0, 0.1) is 11.3 Å². The van der Waals surface area contributed by atoms with Gasteiger partial charge in [-0.2, -0.15) is 9.57 Å². The van der Waals surface area contributed by atoms with Crippen LogP contribution in [0.3, 0.4) is 0 Å². The van der Waals surface area contributed by atoms with Crippen LogP contribution in [0.15, 0.2) is 53.6 Å². The summed E-state index contributed by atoms with van der Waals surface area (Å²) in [5.74, 6) is 0.617. The van der Waals surface area contributed by atoms with Crippen LogP contribution in [0.4, 0.5) is 5.82 Å². The van der Waals surface area contributed by atoms with Crippen molar-refractivity contribution in [3.63, 3.8) is 0 Å². The molecule has 0 spiro atoms. The van der Waals surface area contributed by atoms with Crippen molar-refractivity contribution in [3.05, 3.63) is 54.2 Å². The summed E-state index contributed by atoms with van der Waals surface area (Å²) in [5, 5.41) is 9.16. The number of aromatic nitrogens is 1. The Bertz CT molecular complexity index is 823. The number of pyridine rings is 1. The van der Waals surface area contributed by atoms with E-state index in [0.29, 0.717) is 42.5 Å². The second-order valence-corrected chi connectivity index (χ2v) is 7.13. The predicted octanol–water partition coefficient (Wildman–Crippen LogP) is 1.46. The van der Waals surface area contributed by atoms with Crippen molar-refractivity contribution in [1.29, 1.82) is 5.26 Å². The third-order valence-corrected chi connectivity index (χ3v) is 5.74. The van der Waals surface area contributed by atoms with Crippen LogP contribution >= 0.6 is 0 Å². The Morgan fingerprint density at radius 3 is 2.35 bits per heavy atom. The molecule has 0 saturated carbocycles. The SMILES string of the molecule is N#Cc1cccnc1N1CCN(S(=O)(=O)c2ccccc2)CC1. The van der Waals surface area contributed by atoms with E-state index in [1.807, 2.05) is 4.90 Å². The molecule has 2 aromatic rings. The predicted molar refractivity (Wildman–Crippen MR) is 86.4 cm³/mol. The van der Waals surface area contributed by atoms with Gasteiger partial charge in [0.15, 0.2) is 0 Å². The zero-order valence-electron chi connectivity index (χ0n) is 12.5. The number of rotatable bonds is 3. The van der Waals surface area contributed by atoms with Gasteiger partial charge in [0.2, 0.25) is 10.0 Å². The second kappa shape index (κ2) is 6.36. The molecular formula is C16H16N4O2S. The molecule has 1 fully saturated rings. The number of hydrogen-bond acceptors (Lipinski definition) is 5. The molecule has 0 N–H and O–H groups in total. The Kier molecular flexibility index (Phi) is 4.28. The lowest BCUT2D eigenvalue weighted by Gasteiger charge is -2.34. The highest BCUT2D eigenvalue weighted by molar-refractivity contribution is 7.89. The first-order valence-corrected chi connectivity index (χ1v) is 8.72. The Hall–Kier alpha value is -2.43. The quantitative estimate of drug-likeness (QED) is 0.852. The van der Waals surface area contributed by atoms with Gasteiger partial charge in [0.05, 0.1) is 10.5 Å². The lowest BCUT2D eigenvalue weighted by Crippen LogP contribution is -2.49. The molecule has 1 aromatic carbocycles. The van der Waals surface area contributed by atoms with Gasteiger partial charge in [-0.25, -0.2) is 13.4 Å². The van der Waals surface area contributed by atoms with E-state index in [4.69, 9.17) is 5.26 Å². The minimum absolute atomic E-state index is 0.309. The Balaban J connectivity index is 1.75. The summed E-state index contributed by atoms with van der Waals surface area (Å²) in [5.41, 5.74) is 0.506. The van der Waals surface area contributed by atoms with Gasteiger partial charge in [-0.15, -0.1) is 0 Å². The topological polar surface area (TPSA) is 77.3 Å². The van der Waals surface area contributed by atoms with E-state index in [-0.39, 0.29) is 0 Å². The largest absolute Gasteiger partial charge is 0.353 e. The molecule has 1 saturated heterocycles. The molecule has 0 atom stereocenters. The van der Waals surface area contributed by atoms with E-state index in [1.165, 1.54) is 4.31 Å². The molecule has 0 unspecified atom stereocenters. The van der Waals surface area contributed by atoms with Crippen molar-refractivity contribution in [3.8, 4) is 6.07 Å². The van der Waals surface area contributed by atoms with E-state index >= 15 is 0 Å². The fourth-order valence-corrected chi connectivity index (χ4v) is 4.06. The summed E-state index contributed by atoms with van der Waals surface area (Å²) in [6.07, 6.45) is 1.64. The maximum Gasteiger partial charge on any atom is 0.243 e. The number of piperazine rings is 1. The van der Waals surface area contributed by atoms with Crippen LogP contribution in [0.1, 0.15) is 5.56 Å². The lowest BCUT2D eigenvalue weighted by atomic mass is 10.2. The monoisotopic (exact) mass is 328 g/mol. The molecule has 0 amide bonds. The standard InChI is InChI=1S/C16H16N4O2S/c17-13-14-5-4-8-18-16(14)19-9-11-20(12-10-19)23(21,22)15-6-2-1-3-7-15/h1-8H,9-12H2. The van der Waals surface area contributed by atoms with Gasteiger partial charge in [0.25, 0.3) is 0 Å². The first-order valence-electron chi connectivity index (χ1n) is 7.28. The third-order valence-electron chi connectivity index (χ3n) is 3.83. The zero-order chi connectivity index (χ0) is 16.3. The smallest absolute Gasteiger partial charge is 0.243 e. The van der Waals surface area contributed by atoms with Crippen molar-refractivity contribution in [2.45, 2.75) is 4.90 Å². The normalized spacial score (nSPS) is 16.0. The summed E-state index contributed by atoms with van der Waals surface area (Å²) < 4.78 is 26.7. The van der Waals surface area contributed by atoms with Gasteiger partial charge in [0, 0.05) is 32.4 Å². The minimum atomic E-state index is -3.46. The van der Waals surface area contributed by atoms with E-state index in [0.717, 1.165) is 0 Å². The van der Waals surface area contributed by atoms with Crippen molar-refractivity contribution < 1.29 is 8.42 Å². The Morgan fingerprint density at radius 2 is 1.70 bits per heavy atom. The molecule has 0 aliphatic carbocycles. The van der Waals surface area contributed by atoms with Gasteiger partial charge in [-0.3, -0.25) is 0 Å². The highest BCUT2D eigenvalue weighted by atomic mass is 32.2. The first-order chi connectivity index (χ1) is 11.1. The summed E-state index contributed by atoms with van der Waals surface area (Å²) in [7, 11) is -3.46. The summed E-state index contributed by atoms with van der Waals surface area (Å²) >= 11 is 0. The van der Waals surface area contributed by atoms with Gasteiger partial charge >= 0.3 is 0 Å². The number of anilines is 1. The molecule has 1 aliphatic heterocycles. The molecule has 23 heavy (non-hydrogen) atoms. The van der Waals surface area contributed by atoms with E-state index in [9.17, 15) is 8.42 Å². The fraction of sp³-hybridized carbons (Fsp3) is 0.250. The molecule has 118 valence electrons. The molecule has 0 bridgehead atoms.